The Kier molecular flexibility index (Phi) is 5.91. The highest BCUT2D eigenvalue weighted by Gasteiger charge is 2.11. The van der Waals surface area contributed by atoms with Crippen molar-refractivity contribution in [2.24, 2.45) is 0 Å². The molecule has 0 amide bonds. The van der Waals surface area contributed by atoms with Crippen LogP contribution in [0.5, 0.6) is 11.5 Å². The van der Waals surface area contributed by atoms with Crippen LogP contribution in [0.1, 0.15) is 12.5 Å². The Balaban J connectivity index is 3.01. The first-order valence-electron chi connectivity index (χ1n) is 4.92. The summed E-state index contributed by atoms with van der Waals surface area (Å²) in [5, 5.41) is 0. The van der Waals surface area contributed by atoms with Crippen LogP contribution in [-0.2, 0) is 5.88 Å². The Hall–Kier alpha value is -0.480. The summed E-state index contributed by atoms with van der Waals surface area (Å²) in [4.78, 5) is 0. The highest BCUT2D eigenvalue weighted by Crippen LogP contribution is 2.37. The van der Waals surface area contributed by atoms with Gasteiger partial charge in [-0.15, -0.1) is 11.6 Å². The molecule has 0 aliphatic carbocycles. The molecule has 0 aromatic heterocycles. The van der Waals surface area contributed by atoms with Crippen molar-refractivity contribution in [3.05, 3.63) is 22.2 Å². The molecule has 90 valence electrons. The van der Waals surface area contributed by atoms with Crippen LogP contribution >= 0.6 is 27.5 Å². The Morgan fingerprint density at radius 3 is 2.69 bits per heavy atom. The van der Waals surface area contributed by atoms with Gasteiger partial charge < -0.3 is 9.47 Å². The van der Waals surface area contributed by atoms with E-state index in [9.17, 15) is 4.39 Å². The van der Waals surface area contributed by atoms with Crippen molar-refractivity contribution in [2.75, 3.05) is 19.9 Å². The molecule has 0 fully saturated rings. The lowest BCUT2D eigenvalue weighted by Gasteiger charge is -2.14. The predicted octanol–water partition coefficient (Wildman–Crippen LogP) is 3.93. The van der Waals surface area contributed by atoms with Gasteiger partial charge in [-0.2, -0.15) is 0 Å². The molecule has 0 N–H and O–H groups in total. The van der Waals surface area contributed by atoms with E-state index in [4.69, 9.17) is 21.1 Å². The molecule has 16 heavy (non-hydrogen) atoms. The van der Waals surface area contributed by atoms with E-state index in [1.807, 2.05) is 13.0 Å². The van der Waals surface area contributed by atoms with E-state index in [1.165, 1.54) is 0 Å². The zero-order valence-electron chi connectivity index (χ0n) is 8.93. The molecule has 0 aliphatic rings. The smallest absolute Gasteiger partial charge is 0.175 e. The van der Waals surface area contributed by atoms with Crippen LogP contribution in [0.15, 0.2) is 16.6 Å². The Labute approximate surface area is 108 Å². The van der Waals surface area contributed by atoms with Gasteiger partial charge in [0.1, 0.15) is 13.3 Å². The fraction of sp³-hybridized carbons (Fsp3) is 0.455. The molecule has 0 unspecified atom stereocenters. The summed E-state index contributed by atoms with van der Waals surface area (Å²) in [7, 11) is 0. The quantitative estimate of drug-likeness (QED) is 0.741. The molecule has 1 aromatic carbocycles. The third-order valence-electron chi connectivity index (χ3n) is 1.85. The van der Waals surface area contributed by atoms with Crippen molar-refractivity contribution in [3.63, 3.8) is 0 Å². The highest BCUT2D eigenvalue weighted by molar-refractivity contribution is 9.10. The molecule has 0 spiro atoms. The maximum atomic E-state index is 12.1. The van der Waals surface area contributed by atoms with Gasteiger partial charge in [0.2, 0.25) is 0 Å². The Bertz CT molecular complexity index is 347. The molecule has 0 atom stereocenters. The van der Waals surface area contributed by atoms with E-state index >= 15 is 0 Å². The topological polar surface area (TPSA) is 18.5 Å². The highest BCUT2D eigenvalue weighted by atomic mass is 79.9. The van der Waals surface area contributed by atoms with Crippen LogP contribution in [0, 0.1) is 0 Å². The molecule has 0 heterocycles. The first-order valence-corrected chi connectivity index (χ1v) is 6.25. The lowest BCUT2D eigenvalue weighted by molar-refractivity contribution is 0.250. The SMILES string of the molecule is CCOc1cc(CCl)cc(Br)c1OCCF. The first-order chi connectivity index (χ1) is 7.72. The maximum absolute atomic E-state index is 12.1. The van der Waals surface area contributed by atoms with Gasteiger partial charge in [0.05, 0.1) is 11.1 Å². The monoisotopic (exact) mass is 310 g/mol. The van der Waals surface area contributed by atoms with Crippen LogP contribution in [0.3, 0.4) is 0 Å². The lowest BCUT2D eigenvalue weighted by atomic mass is 10.2. The molecular formula is C11H13BrClFO2. The molecular weight excluding hydrogens is 298 g/mol. The molecule has 0 saturated heterocycles. The largest absolute Gasteiger partial charge is 0.490 e. The fourth-order valence-corrected chi connectivity index (χ4v) is 2.00. The van der Waals surface area contributed by atoms with E-state index in [1.54, 1.807) is 6.07 Å². The van der Waals surface area contributed by atoms with Gasteiger partial charge in [-0.05, 0) is 40.5 Å². The number of ether oxygens (including phenoxy) is 2. The van der Waals surface area contributed by atoms with Gasteiger partial charge in [0.15, 0.2) is 11.5 Å². The molecule has 2 nitrogen and oxygen atoms in total. The minimum absolute atomic E-state index is 0.0128. The van der Waals surface area contributed by atoms with Crippen molar-refractivity contribution in [1.82, 2.24) is 0 Å². The van der Waals surface area contributed by atoms with Crippen LogP contribution in [0.2, 0.25) is 0 Å². The van der Waals surface area contributed by atoms with Crippen LogP contribution in [-0.4, -0.2) is 19.9 Å². The second-order valence-electron chi connectivity index (χ2n) is 3.01. The lowest BCUT2D eigenvalue weighted by Crippen LogP contribution is -2.03. The normalized spacial score (nSPS) is 10.2. The summed E-state index contributed by atoms with van der Waals surface area (Å²) >= 11 is 9.10. The average molecular weight is 312 g/mol. The summed E-state index contributed by atoms with van der Waals surface area (Å²) in [6.45, 7) is 1.87. The third kappa shape index (κ3) is 3.52. The second kappa shape index (κ2) is 6.97. The zero-order chi connectivity index (χ0) is 12.0. The maximum Gasteiger partial charge on any atom is 0.175 e. The van der Waals surface area contributed by atoms with Crippen molar-refractivity contribution in [2.45, 2.75) is 12.8 Å². The molecule has 5 heteroatoms. The first kappa shape index (κ1) is 13.6. The number of hydrogen-bond donors (Lipinski definition) is 0. The molecule has 1 rings (SSSR count). The summed E-state index contributed by atoms with van der Waals surface area (Å²) in [5.41, 5.74) is 0.921. The summed E-state index contributed by atoms with van der Waals surface area (Å²) in [6.07, 6.45) is 0. The molecule has 0 aliphatic heterocycles. The van der Waals surface area contributed by atoms with E-state index in [0.29, 0.717) is 24.0 Å². The standard InChI is InChI=1S/C11H13BrClFO2/c1-2-15-10-6-8(7-13)5-9(12)11(10)16-4-3-14/h5-6H,2-4,7H2,1H3. The third-order valence-corrected chi connectivity index (χ3v) is 2.74. The van der Waals surface area contributed by atoms with Crippen LogP contribution < -0.4 is 9.47 Å². The predicted molar refractivity (Wildman–Crippen MR) is 66.3 cm³/mol. The van der Waals surface area contributed by atoms with E-state index in [-0.39, 0.29) is 6.61 Å². The van der Waals surface area contributed by atoms with E-state index in [0.717, 1.165) is 10.0 Å². The number of alkyl halides is 2. The van der Waals surface area contributed by atoms with Crippen molar-refractivity contribution >= 4 is 27.5 Å². The van der Waals surface area contributed by atoms with Crippen molar-refractivity contribution in [1.29, 1.82) is 0 Å². The number of halogens is 3. The zero-order valence-corrected chi connectivity index (χ0v) is 11.3. The van der Waals surface area contributed by atoms with Gasteiger partial charge in [-0.25, -0.2) is 4.39 Å². The molecule has 0 radical (unpaired) electrons. The Morgan fingerprint density at radius 1 is 1.38 bits per heavy atom. The molecule has 0 saturated carbocycles. The summed E-state index contributed by atoms with van der Waals surface area (Å²) in [5.74, 6) is 1.50. The average Bonchev–Trinajstić information content (AvgIpc) is 2.28. The van der Waals surface area contributed by atoms with Gasteiger partial charge in [-0.3, -0.25) is 0 Å². The summed E-state index contributed by atoms with van der Waals surface area (Å²) < 4.78 is 23.5. The van der Waals surface area contributed by atoms with Crippen LogP contribution in [0.25, 0.3) is 0 Å². The van der Waals surface area contributed by atoms with Crippen molar-refractivity contribution in [3.8, 4) is 11.5 Å². The molecule has 1 aromatic rings. The van der Waals surface area contributed by atoms with E-state index in [2.05, 4.69) is 15.9 Å². The van der Waals surface area contributed by atoms with Crippen molar-refractivity contribution < 1.29 is 13.9 Å². The van der Waals surface area contributed by atoms with Gasteiger partial charge in [0.25, 0.3) is 0 Å². The number of rotatable bonds is 6. The minimum Gasteiger partial charge on any atom is -0.490 e. The fourth-order valence-electron chi connectivity index (χ4n) is 1.24. The van der Waals surface area contributed by atoms with Crippen LogP contribution in [0.4, 0.5) is 4.39 Å². The molecule has 0 bridgehead atoms. The number of benzene rings is 1. The second-order valence-corrected chi connectivity index (χ2v) is 4.13. The Morgan fingerprint density at radius 2 is 2.12 bits per heavy atom. The van der Waals surface area contributed by atoms with Gasteiger partial charge in [0, 0.05) is 5.88 Å². The van der Waals surface area contributed by atoms with E-state index < -0.39 is 6.67 Å². The van der Waals surface area contributed by atoms with Gasteiger partial charge in [-0.1, -0.05) is 0 Å². The van der Waals surface area contributed by atoms with Gasteiger partial charge >= 0.3 is 0 Å². The number of hydrogen-bond acceptors (Lipinski definition) is 2. The minimum atomic E-state index is -0.532. The summed E-state index contributed by atoms with van der Waals surface area (Å²) in [6, 6.07) is 3.64.